The SMILES string of the molecule is CCC(C)(CC)NCCCCCCCCN. The first kappa shape index (κ1) is 15.9. The van der Waals surface area contributed by atoms with Crippen LogP contribution >= 0.6 is 0 Å². The second kappa shape index (κ2) is 10.1. The van der Waals surface area contributed by atoms with Crippen molar-refractivity contribution in [2.45, 2.75) is 77.7 Å². The van der Waals surface area contributed by atoms with Gasteiger partial charge in [-0.15, -0.1) is 0 Å². The van der Waals surface area contributed by atoms with E-state index in [-0.39, 0.29) is 0 Å². The molecule has 0 atom stereocenters. The summed E-state index contributed by atoms with van der Waals surface area (Å²) < 4.78 is 0. The Balaban J connectivity index is 3.26. The first-order chi connectivity index (χ1) is 7.68. The van der Waals surface area contributed by atoms with Crippen molar-refractivity contribution >= 4 is 0 Å². The van der Waals surface area contributed by atoms with Crippen LogP contribution in [0.2, 0.25) is 0 Å². The molecule has 98 valence electrons. The molecule has 0 aliphatic rings. The summed E-state index contributed by atoms with van der Waals surface area (Å²) in [5.74, 6) is 0. The smallest absolute Gasteiger partial charge is 0.0148 e. The maximum absolute atomic E-state index is 5.46. The topological polar surface area (TPSA) is 38.0 Å². The van der Waals surface area contributed by atoms with Gasteiger partial charge in [-0.25, -0.2) is 0 Å². The van der Waals surface area contributed by atoms with Gasteiger partial charge in [0.1, 0.15) is 0 Å². The van der Waals surface area contributed by atoms with Gasteiger partial charge in [-0.3, -0.25) is 0 Å². The highest BCUT2D eigenvalue weighted by Crippen LogP contribution is 2.13. The first-order valence-corrected chi connectivity index (χ1v) is 7.13. The van der Waals surface area contributed by atoms with Crippen LogP contribution < -0.4 is 11.1 Å². The van der Waals surface area contributed by atoms with Crippen molar-refractivity contribution in [2.75, 3.05) is 13.1 Å². The highest BCUT2D eigenvalue weighted by molar-refractivity contribution is 4.79. The van der Waals surface area contributed by atoms with E-state index in [1.165, 1.54) is 57.9 Å². The largest absolute Gasteiger partial charge is 0.330 e. The summed E-state index contributed by atoms with van der Waals surface area (Å²) in [5, 5.41) is 3.68. The molecule has 0 radical (unpaired) electrons. The standard InChI is InChI=1S/C14H32N2/c1-4-14(3,5-2)16-13-11-9-7-6-8-10-12-15/h16H,4-13,15H2,1-3H3. The lowest BCUT2D eigenvalue weighted by atomic mass is 9.95. The Hall–Kier alpha value is -0.0800. The van der Waals surface area contributed by atoms with Gasteiger partial charge in [0.2, 0.25) is 0 Å². The minimum atomic E-state index is 0.361. The molecule has 16 heavy (non-hydrogen) atoms. The van der Waals surface area contributed by atoms with Crippen LogP contribution in [-0.4, -0.2) is 18.6 Å². The van der Waals surface area contributed by atoms with Gasteiger partial charge in [-0.1, -0.05) is 39.5 Å². The lowest BCUT2D eigenvalue weighted by Gasteiger charge is -2.28. The van der Waals surface area contributed by atoms with E-state index >= 15 is 0 Å². The number of unbranched alkanes of at least 4 members (excludes halogenated alkanes) is 5. The van der Waals surface area contributed by atoms with Crippen molar-refractivity contribution in [1.82, 2.24) is 5.32 Å². The molecular formula is C14H32N2. The molecule has 0 rings (SSSR count). The monoisotopic (exact) mass is 228 g/mol. The van der Waals surface area contributed by atoms with Gasteiger partial charge < -0.3 is 11.1 Å². The van der Waals surface area contributed by atoms with Crippen molar-refractivity contribution in [2.24, 2.45) is 5.73 Å². The minimum absolute atomic E-state index is 0.361. The Kier molecular flexibility index (Phi) is 10.0. The van der Waals surface area contributed by atoms with Gasteiger partial charge in [0, 0.05) is 5.54 Å². The van der Waals surface area contributed by atoms with Gasteiger partial charge in [0.15, 0.2) is 0 Å². The minimum Gasteiger partial charge on any atom is -0.330 e. The maximum atomic E-state index is 5.46. The van der Waals surface area contributed by atoms with Crippen molar-refractivity contribution in [3.8, 4) is 0 Å². The van der Waals surface area contributed by atoms with E-state index in [9.17, 15) is 0 Å². The van der Waals surface area contributed by atoms with Crippen LogP contribution in [-0.2, 0) is 0 Å². The third-order valence-electron chi connectivity index (χ3n) is 3.74. The number of nitrogens with one attached hydrogen (secondary N) is 1. The fourth-order valence-electron chi connectivity index (χ4n) is 1.87. The molecule has 0 heterocycles. The van der Waals surface area contributed by atoms with Gasteiger partial charge in [0.25, 0.3) is 0 Å². The van der Waals surface area contributed by atoms with Gasteiger partial charge >= 0.3 is 0 Å². The average Bonchev–Trinajstić information content (AvgIpc) is 2.32. The zero-order valence-corrected chi connectivity index (χ0v) is 11.6. The van der Waals surface area contributed by atoms with E-state index in [1.54, 1.807) is 0 Å². The van der Waals surface area contributed by atoms with E-state index in [4.69, 9.17) is 5.73 Å². The Morgan fingerprint density at radius 3 is 1.88 bits per heavy atom. The lowest BCUT2D eigenvalue weighted by Crippen LogP contribution is -2.41. The second-order valence-electron chi connectivity index (χ2n) is 5.10. The molecule has 0 bridgehead atoms. The summed E-state index contributed by atoms with van der Waals surface area (Å²) >= 11 is 0. The molecule has 0 aliphatic carbocycles. The predicted molar refractivity (Wildman–Crippen MR) is 73.7 cm³/mol. The summed E-state index contributed by atoms with van der Waals surface area (Å²) in [4.78, 5) is 0. The highest BCUT2D eigenvalue weighted by atomic mass is 15.0. The van der Waals surface area contributed by atoms with Crippen LogP contribution in [0.25, 0.3) is 0 Å². The van der Waals surface area contributed by atoms with Crippen molar-refractivity contribution in [1.29, 1.82) is 0 Å². The zero-order valence-electron chi connectivity index (χ0n) is 11.6. The van der Waals surface area contributed by atoms with Crippen molar-refractivity contribution < 1.29 is 0 Å². The van der Waals surface area contributed by atoms with E-state index in [0.29, 0.717) is 5.54 Å². The second-order valence-corrected chi connectivity index (χ2v) is 5.10. The molecule has 0 unspecified atom stereocenters. The van der Waals surface area contributed by atoms with Crippen molar-refractivity contribution in [3.05, 3.63) is 0 Å². The van der Waals surface area contributed by atoms with Crippen LogP contribution in [0.3, 0.4) is 0 Å². The molecule has 2 nitrogen and oxygen atoms in total. The van der Waals surface area contributed by atoms with Gasteiger partial charge in [-0.05, 0) is 45.7 Å². The molecule has 0 aromatic carbocycles. The van der Waals surface area contributed by atoms with E-state index < -0.39 is 0 Å². The zero-order chi connectivity index (χ0) is 12.3. The Bertz CT molecular complexity index is 142. The van der Waals surface area contributed by atoms with E-state index in [1.807, 2.05) is 0 Å². The van der Waals surface area contributed by atoms with Crippen LogP contribution in [0.4, 0.5) is 0 Å². The molecule has 2 heteroatoms. The summed E-state index contributed by atoms with van der Waals surface area (Å²) in [6.45, 7) is 8.89. The molecule has 0 saturated heterocycles. The Morgan fingerprint density at radius 2 is 1.38 bits per heavy atom. The quantitative estimate of drug-likeness (QED) is 0.532. The molecule has 0 amide bonds. The van der Waals surface area contributed by atoms with Crippen LogP contribution in [0.15, 0.2) is 0 Å². The number of hydrogen-bond donors (Lipinski definition) is 2. The molecule has 0 fully saturated rings. The molecule has 3 N–H and O–H groups in total. The molecule has 0 aliphatic heterocycles. The lowest BCUT2D eigenvalue weighted by molar-refractivity contribution is 0.328. The predicted octanol–water partition coefficient (Wildman–Crippen LogP) is 3.45. The van der Waals surface area contributed by atoms with Crippen LogP contribution in [0, 0.1) is 0 Å². The number of hydrogen-bond acceptors (Lipinski definition) is 2. The molecular weight excluding hydrogens is 196 g/mol. The van der Waals surface area contributed by atoms with E-state index in [2.05, 4.69) is 26.1 Å². The molecule has 0 aromatic heterocycles. The van der Waals surface area contributed by atoms with E-state index in [0.717, 1.165) is 6.54 Å². The Labute approximate surface area is 102 Å². The summed E-state index contributed by atoms with van der Waals surface area (Å²) in [7, 11) is 0. The fraction of sp³-hybridized carbons (Fsp3) is 1.00. The number of rotatable bonds is 11. The average molecular weight is 228 g/mol. The molecule has 0 saturated carbocycles. The summed E-state index contributed by atoms with van der Waals surface area (Å²) in [5.41, 5.74) is 5.82. The normalized spacial score (nSPS) is 12.0. The van der Waals surface area contributed by atoms with Gasteiger partial charge in [-0.2, -0.15) is 0 Å². The third kappa shape index (κ3) is 8.12. The molecule has 0 spiro atoms. The Morgan fingerprint density at radius 1 is 0.875 bits per heavy atom. The van der Waals surface area contributed by atoms with Gasteiger partial charge in [0.05, 0.1) is 0 Å². The fourth-order valence-corrected chi connectivity index (χ4v) is 1.87. The maximum Gasteiger partial charge on any atom is 0.0148 e. The molecule has 0 aromatic rings. The third-order valence-corrected chi connectivity index (χ3v) is 3.74. The summed E-state index contributed by atoms with van der Waals surface area (Å²) in [6, 6.07) is 0. The highest BCUT2D eigenvalue weighted by Gasteiger charge is 2.17. The first-order valence-electron chi connectivity index (χ1n) is 7.13. The number of nitrogens with two attached hydrogens (primary N) is 1. The summed E-state index contributed by atoms with van der Waals surface area (Å²) in [6.07, 6.45) is 10.4. The van der Waals surface area contributed by atoms with Crippen LogP contribution in [0.1, 0.15) is 72.1 Å². The van der Waals surface area contributed by atoms with Crippen molar-refractivity contribution in [3.63, 3.8) is 0 Å². The van der Waals surface area contributed by atoms with Crippen LogP contribution in [0.5, 0.6) is 0 Å².